The molecule has 2 aromatic carbocycles. The number of rotatable bonds is 3. The second kappa shape index (κ2) is 6.58. The van der Waals surface area contributed by atoms with Crippen LogP contribution in [-0.4, -0.2) is 25.9 Å². The third-order valence-corrected chi connectivity index (χ3v) is 5.53. The lowest BCUT2D eigenvalue weighted by atomic mass is 9.77. The first-order chi connectivity index (χ1) is 11.8. The minimum absolute atomic E-state index is 0.106. The Balaban J connectivity index is 1.63. The smallest absolute Gasteiger partial charge is 0.122 e. The Kier molecular flexibility index (Phi) is 4.30. The van der Waals surface area contributed by atoms with Crippen molar-refractivity contribution < 1.29 is 9.47 Å². The van der Waals surface area contributed by atoms with Crippen LogP contribution in [0.15, 0.2) is 54.6 Å². The summed E-state index contributed by atoms with van der Waals surface area (Å²) in [5.41, 5.74) is 2.50. The first-order valence-electron chi connectivity index (χ1n) is 8.88. The van der Waals surface area contributed by atoms with Gasteiger partial charge in [-0.05, 0) is 43.0 Å². The van der Waals surface area contributed by atoms with Crippen molar-refractivity contribution in [2.24, 2.45) is 0 Å². The van der Waals surface area contributed by atoms with Gasteiger partial charge in [0.15, 0.2) is 0 Å². The van der Waals surface area contributed by atoms with Crippen LogP contribution in [0.1, 0.15) is 42.3 Å². The van der Waals surface area contributed by atoms with Crippen LogP contribution < -0.4 is 10.1 Å². The van der Waals surface area contributed by atoms with Crippen LogP contribution in [0, 0.1) is 0 Å². The van der Waals surface area contributed by atoms with E-state index < -0.39 is 0 Å². The lowest BCUT2D eigenvalue weighted by Crippen LogP contribution is -2.48. The van der Waals surface area contributed by atoms with Crippen LogP contribution in [0.2, 0.25) is 0 Å². The SMILES string of the molecule is COc1ccccc1[C@H]1COC2(CCCNC2c2ccccc2)C1. The van der Waals surface area contributed by atoms with Crippen molar-refractivity contribution in [1.82, 2.24) is 5.32 Å². The second-order valence-corrected chi connectivity index (χ2v) is 6.92. The summed E-state index contributed by atoms with van der Waals surface area (Å²) in [6.45, 7) is 1.83. The number of nitrogens with one attached hydrogen (secondary N) is 1. The molecule has 2 fully saturated rings. The fraction of sp³-hybridized carbons (Fsp3) is 0.429. The van der Waals surface area contributed by atoms with Gasteiger partial charge < -0.3 is 14.8 Å². The maximum atomic E-state index is 6.50. The van der Waals surface area contributed by atoms with Crippen molar-refractivity contribution in [3.63, 3.8) is 0 Å². The minimum atomic E-state index is -0.106. The molecule has 0 radical (unpaired) electrons. The normalized spacial score (nSPS) is 29.7. The van der Waals surface area contributed by atoms with Crippen molar-refractivity contribution in [3.8, 4) is 5.75 Å². The molecule has 2 saturated heterocycles. The van der Waals surface area contributed by atoms with E-state index in [9.17, 15) is 0 Å². The Morgan fingerprint density at radius 3 is 2.71 bits per heavy atom. The average Bonchev–Trinajstić information content (AvgIpc) is 3.07. The first-order valence-corrected chi connectivity index (χ1v) is 8.88. The van der Waals surface area contributed by atoms with Gasteiger partial charge in [-0.2, -0.15) is 0 Å². The van der Waals surface area contributed by atoms with Crippen LogP contribution in [0.5, 0.6) is 5.75 Å². The van der Waals surface area contributed by atoms with Gasteiger partial charge in [0, 0.05) is 5.92 Å². The van der Waals surface area contributed by atoms with Crippen LogP contribution in [0.25, 0.3) is 0 Å². The molecule has 2 heterocycles. The molecule has 126 valence electrons. The Hall–Kier alpha value is -1.84. The number of piperidine rings is 1. The molecule has 1 spiro atoms. The molecule has 1 N–H and O–H groups in total. The standard InChI is InChI=1S/C21H25NO2/c1-23-19-11-6-5-10-18(19)17-14-21(24-15-17)12-7-13-22-20(21)16-8-3-2-4-9-16/h2-6,8-11,17,20,22H,7,12-15H2,1H3/t17-,20?,21?/m1/s1. The van der Waals surface area contributed by atoms with Crippen molar-refractivity contribution in [2.45, 2.75) is 36.8 Å². The lowest BCUT2D eigenvalue weighted by molar-refractivity contribution is -0.0484. The van der Waals surface area contributed by atoms with Crippen molar-refractivity contribution >= 4 is 0 Å². The predicted octanol–water partition coefficient (Wildman–Crippen LogP) is 4.06. The quantitative estimate of drug-likeness (QED) is 0.924. The molecule has 4 rings (SSSR count). The van der Waals surface area contributed by atoms with Crippen molar-refractivity contribution in [3.05, 3.63) is 65.7 Å². The summed E-state index contributed by atoms with van der Waals surface area (Å²) < 4.78 is 12.1. The fourth-order valence-electron chi connectivity index (χ4n) is 4.41. The third kappa shape index (κ3) is 2.72. The minimum Gasteiger partial charge on any atom is -0.496 e. The predicted molar refractivity (Wildman–Crippen MR) is 95.5 cm³/mol. The van der Waals surface area contributed by atoms with E-state index in [1.165, 1.54) is 17.5 Å². The number of para-hydroxylation sites is 1. The second-order valence-electron chi connectivity index (χ2n) is 6.92. The Bertz CT molecular complexity index is 687. The zero-order chi connectivity index (χ0) is 16.4. The highest BCUT2D eigenvalue weighted by molar-refractivity contribution is 5.38. The van der Waals surface area contributed by atoms with Crippen LogP contribution in [0.4, 0.5) is 0 Å². The molecule has 2 aliphatic rings. The molecule has 3 nitrogen and oxygen atoms in total. The van der Waals surface area contributed by atoms with E-state index in [0.717, 1.165) is 31.7 Å². The lowest BCUT2D eigenvalue weighted by Gasteiger charge is -2.41. The largest absolute Gasteiger partial charge is 0.496 e. The summed E-state index contributed by atoms with van der Waals surface area (Å²) in [6.07, 6.45) is 3.33. The van der Waals surface area contributed by atoms with Crippen molar-refractivity contribution in [1.29, 1.82) is 0 Å². The van der Waals surface area contributed by atoms with E-state index in [0.29, 0.717) is 5.92 Å². The molecule has 2 unspecified atom stereocenters. The number of hydrogen-bond donors (Lipinski definition) is 1. The van der Waals surface area contributed by atoms with Gasteiger partial charge in [0.1, 0.15) is 5.75 Å². The molecule has 24 heavy (non-hydrogen) atoms. The monoisotopic (exact) mass is 323 g/mol. The van der Waals surface area contributed by atoms with Gasteiger partial charge in [-0.25, -0.2) is 0 Å². The Labute approximate surface area is 144 Å². The summed E-state index contributed by atoms with van der Waals surface area (Å²) in [4.78, 5) is 0. The topological polar surface area (TPSA) is 30.5 Å². The molecule has 2 aromatic rings. The molecule has 3 atom stereocenters. The van der Waals surface area contributed by atoms with E-state index in [1.54, 1.807) is 7.11 Å². The maximum Gasteiger partial charge on any atom is 0.122 e. The van der Waals surface area contributed by atoms with E-state index >= 15 is 0 Å². The van der Waals surface area contributed by atoms with Gasteiger partial charge in [0.2, 0.25) is 0 Å². The fourth-order valence-corrected chi connectivity index (χ4v) is 4.41. The molecule has 3 heteroatoms. The maximum absolute atomic E-state index is 6.50. The number of hydrogen-bond acceptors (Lipinski definition) is 3. The third-order valence-electron chi connectivity index (χ3n) is 5.53. The van der Waals surface area contributed by atoms with Gasteiger partial charge in [0.25, 0.3) is 0 Å². The van der Waals surface area contributed by atoms with E-state index in [2.05, 4.69) is 47.8 Å². The molecular formula is C21H25NO2. The highest BCUT2D eigenvalue weighted by atomic mass is 16.5. The first kappa shape index (κ1) is 15.7. The average molecular weight is 323 g/mol. The Morgan fingerprint density at radius 1 is 1.08 bits per heavy atom. The van der Waals surface area contributed by atoms with Crippen LogP contribution in [0.3, 0.4) is 0 Å². The summed E-state index contributed by atoms with van der Waals surface area (Å²) >= 11 is 0. The zero-order valence-electron chi connectivity index (χ0n) is 14.2. The summed E-state index contributed by atoms with van der Waals surface area (Å²) in [6, 6.07) is 19.4. The molecule has 2 aliphatic heterocycles. The molecule has 0 bridgehead atoms. The highest BCUT2D eigenvalue weighted by Crippen LogP contribution is 2.49. The molecule has 0 saturated carbocycles. The highest BCUT2D eigenvalue weighted by Gasteiger charge is 2.48. The van der Waals surface area contributed by atoms with Gasteiger partial charge in [0.05, 0.1) is 25.4 Å². The zero-order valence-corrected chi connectivity index (χ0v) is 14.2. The molecular weight excluding hydrogens is 298 g/mol. The van der Waals surface area contributed by atoms with E-state index in [-0.39, 0.29) is 11.6 Å². The number of ether oxygens (including phenoxy) is 2. The number of methoxy groups -OCH3 is 1. The van der Waals surface area contributed by atoms with Gasteiger partial charge in [-0.1, -0.05) is 48.5 Å². The van der Waals surface area contributed by atoms with Gasteiger partial charge in [-0.3, -0.25) is 0 Å². The van der Waals surface area contributed by atoms with E-state index in [1.807, 2.05) is 12.1 Å². The summed E-state index contributed by atoms with van der Waals surface area (Å²) in [5, 5.41) is 3.71. The molecule has 0 aliphatic carbocycles. The van der Waals surface area contributed by atoms with Crippen LogP contribution >= 0.6 is 0 Å². The Morgan fingerprint density at radius 2 is 1.88 bits per heavy atom. The summed E-state index contributed by atoms with van der Waals surface area (Å²) in [5.74, 6) is 1.37. The molecule has 0 amide bonds. The van der Waals surface area contributed by atoms with Gasteiger partial charge >= 0.3 is 0 Å². The number of benzene rings is 2. The van der Waals surface area contributed by atoms with E-state index in [4.69, 9.17) is 9.47 Å². The van der Waals surface area contributed by atoms with Crippen LogP contribution in [-0.2, 0) is 4.74 Å². The molecule has 0 aromatic heterocycles. The summed E-state index contributed by atoms with van der Waals surface area (Å²) in [7, 11) is 1.75. The van der Waals surface area contributed by atoms with Gasteiger partial charge in [-0.15, -0.1) is 0 Å². The van der Waals surface area contributed by atoms with Crippen molar-refractivity contribution in [2.75, 3.05) is 20.3 Å².